The van der Waals surface area contributed by atoms with Crippen molar-refractivity contribution in [2.45, 2.75) is 19.0 Å². The molecule has 1 aromatic carbocycles. The number of thiophene rings is 1. The fraction of sp³-hybridized carbons (Fsp3) is 0.333. The van der Waals surface area contributed by atoms with Crippen molar-refractivity contribution >= 4 is 29.0 Å². The van der Waals surface area contributed by atoms with Crippen molar-refractivity contribution < 1.29 is 19.1 Å². The van der Waals surface area contributed by atoms with Gasteiger partial charge in [-0.3, -0.25) is 4.79 Å². The van der Waals surface area contributed by atoms with Crippen LogP contribution in [0.25, 0.3) is 0 Å². The topological polar surface area (TPSA) is 79.9 Å². The summed E-state index contributed by atoms with van der Waals surface area (Å²) in [4.78, 5) is 27.1. The van der Waals surface area contributed by atoms with E-state index in [1.165, 1.54) is 0 Å². The van der Waals surface area contributed by atoms with E-state index in [0.29, 0.717) is 24.6 Å². The molecule has 0 bridgehead atoms. The van der Waals surface area contributed by atoms with Crippen molar-refractivity contribution in [3.05, 3.63) is 40.6 Å². The monoisotopic (exact) mass is 375 g/mol. The van der Waals surface area contributed by atoms with Crippen molar-refractivity contribution in [1.29, 1.82) is 0 Å². The first-order valence-electron chi connectivity index (χ1n) is 8.20. The van der Waals surface area contributed by atoms with Gasteiger partial charge in [0.15, 0.2) is 11.5 Å². The maximum Gasteiger partial charge on any atom is 0.315 e. The van der Waals surface area contributed by atoms with Gasteiger partial charge in [-0.15, -0.1) is 11.3 Å². The van der Waals surface area contributed by atoms with Gasteiger partial charge in [-0.2, -0.15) is 0 Å². The molecular weight excluding hydrogens is 354 g/mol. The Bertz CT molecular complexity index is 779. The molecule has 0 aliphatic carbocycles. The van der Waals surface area contributed by atoms with Crippen LogP contribution in [0.1, 0.15) is 11.3 Å². The lowest BCUT2D eigenvalue weighted by molar-refractivity contribution is -0.117. The van der Waals surface area contributed by atoms with Crippen molar-refractivity contribution in [3.8, 4) is 11.5 Å². The average Bonchev–Trinajstić information content (AvgIpc) is 3.29. The maximum absolute atomic E-state index is 12.3. The van der Waals surface area contributed by atoms with Gasteiger partial charge in [0.25, 0.3) is 0 Å². The third-order valence-electron chi connectivity index (χ3n) is 4.14. The highest BCUT2D eigenvalue weighted by molar-refractivity contribution is 7.09. The number of rotatable bonds is 6. The normalized spacial score (nSPS) is 16.5. The zero-order valence-electron chi connectivity index (χ0n) is 14.7. The van der Waals surface area contributed by atoms with E-state index in [-0.39, 0.29) is 24.4 Å². The van der Waals surface area contributed by atoms with Crippen molar-refractivity contribution in [2.24, 2.45) is 0 Å². The molecule has 1 saturated heterocycles. The molecule has 2 heterocycles. The van der Waals surface area contributed by atoms with Crippen LogP contribution in [0.2, 0.25) is 0 Å². The van der Waals surface area contributed by atoms with E-state index in [0.717, 1.165) is 10.6 Å². The molecule has 1 atom stereocenters. The molecule has 3 amide bonds. The van der Waals surface area contributed by atoms with Gasteiger partial charge < -0.3 is 25.0 Å². The molecular formula is C18H21N3O4S. The van der Waals surface area contributed by atoms with Crippen molar-refractivity contribution in [2.75, 3.05) is 25.7 Å². The van der Waals surface area contributed by atoms with E-state index in [1.54, 1.807) is 48.7 Å². The van der Waals surface area contributed by atoms with Gasteiger partial charge in [0, 0.05) is 29.6 Å². The standard InChI is InChI=1S/C18H21N3O4S/c1-24-15-6-5-13(9-16(15)25-2)21-11-12(8-17(21)22)20-18(23)19-10-14-4-3-7-26-14/h3-7,9,12H,8,10-11H2,1-2H3,(H2,19,20,23). The highest BCUT2D eigenvalue weighted by Gasteiger charge is 2.32. The molecule has 1 fully saturated rings. The zero-order valence-corrected chi connectivity index (χ0v) is 15.5. The number of nitrogens with one attached hydrogen (secondary N) is 2. The quantitative estimate of drug-likeness (QED) is 0.812. The first-order chi connectivity index (χ1) is 12.6. The minimum atomic E-state index is -0.273. The minimum Gasteiger partial charge on any atom is -0.493 e. The van der Waals surface area contributed by atoms with Crippen molar-refractivity contribution in [3.63, 3.8) is 0 Å². The van der Waals surface area contributed by atoms with Crippen LogP contribution in [0.5, 0.6) is 11.5 Å². The molecule has 0 saturated carbocycles. The van der Waals surface area contributed by atoms with Crippen LogP contribution < -0.4 is 25.0 Å². The number of hydrogen-bond acceptors (Lipinski definition) is 5. The predicted octanol–water partition coefficient (Wildman–Crippen LogP) is 2.37. The summed E-state index contributed by atoms with van der Waals surface area (Å²) in [5.41, 5.74) is 0.718. The number of hydrogen-bond donors (Lipinski definition) is 2. The van der Waals surface area contributed by atoms with Crippen LogP contribution in [0, 0.1) is 0 Å². The van der Waals surface area contributed by atoms with Crippen LogP contribution >= 0.6 is 11.3 Å². The molecule has 8 heteroatoms. The second kappa shape index (κ2) is 8.09. The molecule has 1 aliphatic heterocycles. The molecule has 1 aliphatic rings. The van der Waals surface area contributed by atoms with Gasteiger partial charge >= 0.3 is 6.03 Å². The van der Waals surface area contributed by atoms with Gasteiger partial charge in [0.05, 0.1) is 26.8 Å². The number of methoxy groups -OCH3 is 2. The van der Waals surface area contributed by atoms with Crippen LogP contribution in [-0.2, 0) is 11.3 Å². The number of urea groups is 1. The Balaban J connectivity index is 1.59. The number of anilines is 1. The van der Waals surface area contributed by atoms with Gasteiger partial charge in [-0.05, 0) is 23.6 Å². The van der Waals surface area contributed by atoms with Gasteiger partial charge in [0.2, 0.25) is 5.91 Å². The molecule has 0 spiro atoms. The van der Waals surface area contributed by atoms with E-state index in [2.05, 4.69) is 10.6 Å². The molecule has 1 unspecified atom stereocenters. The van der Waals surface area contributed by atoms with Gasteiger partial charge in [-0.25, -0.2) is 4.79 Å². The Kier molecular flexibility index (Phi) is 5.62. The Labute approximate surface area is 155 Å². The SMILES string of the molecule is COc1ccc(N2CC(NC(=O)NCc3cccs3)CC2=O)cc1OC. The molecule has 0 radical (unpaired) electrons. The molecule has 3 rings (SSSR count). The lowest BCUT2D eigenvalue weighted by Gasteiger charge is -2.19. The van der Waals surface area contributed by atoms with E-state index >= 15 is 0 Å². The van der Waals surface area contributed by atoms with Crippen LogP contribution in [0.4, 0.5) is 10.5 Å². The first-order valence-corrected chi connectivity index (χ1v) is 9.08. The van der Waals surface area contributed by atoms with Crippen LogP contribution in [-0.4, -0.2) is 38.7 Å². The van der Waals surface area contributed by atoms with Crippen LogP contribution in [0.3, 0.4) is 0 Å². The lowest BCUT2D eigenvalue weighted by atomic mass is 10.2. The second-order valence-electron chi connectivity index (χ2n) is 5.85. The first kappa shape index (κ1) is 18.1. The van der Waals surface area contributed by atoms with Crippen molar-refractivity contribution in [1.82, 2.24) is 10.6 Å². The van der Waals surface area contributed by atoms with Gasteiger partial charge in [0.1, 0.15) is 0 Å². The largest absolute Gasteiger partial charge is 0.493 e. The number of nitrogens with zero attached hydrogens (tertiary/aromatic N) is 1. The maximum atomic E-state index is 12.3. The molecule has 2 aromatic rings. The number of benzene rings is 1. The third kappa shape index (κ3) is 4.08. The summed E-state index contributed by atoms with van der Waals surface area (Å²) in [5.74, 6) is 1.12. The summed E-state index contributed by atoms with van der Waals surface area (Å²) in [6.07, 6.45) is 0.265. The Morgan fingerprint density at radius 3 is 2.77 bits per heavy atom. The van der Waals surface area contributed by atoms with Gasteiger partial charge in [-0.1, -0.05) is 6.07 Å². The molecule has 138 valence electrons. The summed E-state index contributed by atoms with van der Waals surface area (Å²) in [5, 5.41) is 7.63. The summed E-state index contributed by atoms with van der Waals surface area (Å²) in [7, 11) is 3.11. The zero-order chi connectivity index (χ0) is 18.5. The smallest absolute Gasteiger partial charge is 0.315 e. The van der Waals surface area contributed by atoms with E-state index in [9.17, 15) is 9.59 Å². The number of ether oxygens (including phenoxy) is 2. The fourth-order valence-corrected chi connectivity index (χ4v) is 3.51. The highest BCUT2D eigenvalue weighted by Crippen LogP contribution is 2.33. The summed E-state index contributed by atoms with van der Waals surface area (Å²) >= 11 is 1.59. The Morgan fingerprint density at radius 2 is 2.08 bits per heavy atom. The molecule has 2 N–H and O–H groups in total. The third-order valence-corrected chi connectivity index (χ3v) is 5.02. The van der Waals surface area contributed by atoms with Crippen LogP contribution in [0.15, 0.2) is 35.7 Å². The van der Waals surface area contributed by atoms with E-state index < -0.39 is 0 Å². The second-order valence-corrected chi connectivity index (χ2v) is 6.88. The van der Waals surface area contributed by atoms with E-state index in [4.69, 9.17) is 9.47 Å². The Morgan fingerprint density at radius 1 is 1.27 bits per heavy atom. The highest BCUT2D eigenvalue weighted by atomic mass is 32.1. The number of amides is 3. The van der Waals surface area contributed by atoms with E-state index in [1.807, 2.05) is 17.5 Å². The average molecular weight is 375 g/mol. The summed E-state index contributed by atoms with van der Waals surface area (Å²) < 4.78 is 10.5. The molecule has 7 nitrogen and oxygen atoms in total. The molecule has 1 aromatic heterocycles. The number of carbonyl (C=O) groups excluding carboxylic acids is 2. The lowest BCUT2D eigenvalue weighted by Crippen LogP contribution is -2.43. The summed E-state index contributed by atoms with van der Waals surface area (Å²) in [6, 6.07) is 8.72. The fourth-order valence-electron chi connectivity index (χ4n) is 2.86. The summed E-state index contributed by atoms with van der Waals surface area (Å²) in [6.45, 7) is 0.893. The molecule has 26 heavy (non-hydrogen) atoms. The number of carbonyl (C=O) groups is 2. The minimum absolute atomic E-state index is 0.0409. The Hall–Kier alpha value is -2.74. The predicted molar refractivity (Wildman–Crippen MR) is 100.0 cm³/mol.